The number of fused-ring (bicyclic) bond motifs is 1. The van der Waals surface area contributed by atoms with E-state index in [1.807, 2.05) is 30.3 Å². The quantitative estimate of drug-likeness (QED) is 0.637. The molecule has 0 fully saturated rings. The molecule has 2 aliphatic rings. The molecule has 0 radical (unpaired) electrons. The number of ether oxygens (including phenoxy) is 1. The summed E-state index contributed by atoms with van der Waals surface area (Å²) in [5.41, 5.74) is 3.51. The number of allylic oxidation sites excluding steroid dienone is 2. The summed E-state index contributed by atoms with van der Waals surface area (Å²) in [4.78, 5) is 12.7. The number of halogens is 2. The van der Waals surface area contributed by atoms with Crippen LogP contribution in [0.3, 0.4) is 0 Å². The number of nitrogens with one attached hydrogen (secondary N) is 1. The minimum absolute atomic E-state index is 0.134. The summed E-state index contributed by atoms with van der Waals surface area (Å²) in [6.07, 6.45) is 2.19. The van der Waals surface area contributed by atoms with Crippen molar-refractivity contribution in [3.63, 3.8) is 0 Å². The summed E-state index contributed by atoms with van der Waals surface area (Å²) in [5, 5.41) is 16.1. The minimum atomic E-state index is -0.344. The van der Waals surface area contributed by atoms with Gasteiger partial charge in [-0.3, -0.25) is 4.79 Å². The van der Waals surface area contributed by atoms with Crippen LogP contribution in [0.15, 0.2) is 53.7 Å². The Morgan fingerprint density at radius 2 is 1.93 bits per heavy atom. The number of ketones is 1. The normalized spacial score (nSPS) is 17.9. The summed E-state index contributed by atoms with van der Waals surface area (Å²) in [5.74, 6) is 1.39. The number of carbonyl (C=O) groups excluding carboxylic acids is 1. The van der Waals surface area contributed by atoms with Crippen molar-refractivity contribution in [2.24, 2.45) is 0 Å². The van der Waals surface area contributed by atoms with E-state index in [1.54, 1.807) is 16.8 Å². The van der Waals surface area contributed by atoms with Gasteiger partial charge < -0.3 is 10.1 Å². The van der Waals surface area contributed by atoms with Gasteiger partial charge in [-0.2, -0.15) is 4.68 Å². The Bertz CT molecular complexity index is 1160. The van der Waals surface area contributed by atoms with E-state index in [0.717, 1.165) is 35.2 Å². The van der Waals surface area contributed by atoms with E-state index in [2.05, 4.69) is 20.8 Å². The molecule has 0 spiro atoms. The van der Waals surface area contributed by atoms with Crippen LogP contribution in [0.5, 0.6) is 5.75 Å². The molecule has 1 atom stereocenters. The first kappa shape index (κ1) is 19.1. The lowest BCUT2D eigenvalue weighted by Crippen LogP contribution is -2.31. The highest BCUT2D eigenvalue weighted by molar-refractivity contribution is 6.42. The molecular weight excluding hydrogens is 425 g/mol. The molecule has 9 heteroatoms. The van der Waals surface area contributed by atoms with E-state index in [0.29, 0.717) is 34.8 Å². The van der Waals surface area contributed by atoms with Gasteiger partial charge >= 0.3 is 0 Å². The van der Waals surface area contributed by atoms with Crippen LogP contribution < -0.4 is 10.1 Å². The lowest BCUT2D eigenvalue weighted by Gasteiger charge is -2.31. The third-order valence-corrected chi connectivity index (χ3v) is 6.05. The predicted molar refractivity (Wildman–Crippen MR) is 113 cm³/mol. The van der Waals surface area contributed by atoms with Crippen molar-refractivity contribution in [2.75, 3.05) is 5.32 Å². The molecule has 1 aliphatic heterocycles. The Balaban J connectivity index is 1.40. The van der Waals surface area contributed by atoms with E-state index in [-0.39, 0.29) is 11.8 Å². The largest absolute Gasteiger partial charge is 0.489 e. The number of nitrogens with zero attached hydrogens (tertiary/aromatic N) is 4. The number of aromatic nitrogens is 4. The standard InChI is InChI=1S/C21H17Cl2N5O2/c22-15-9-4-12(10-16(15)23)11-30-14-7-5-13(6-8-14)20-19-17(2-1-3-18(19)29)24-21-25-26-27-28(20)21/h4-10,20H,1-3,11H2,(H,24,25,27). The average molecular weight is 442 g/mol. The van der Waals surface area contributed by atoms with Crippen LogP contribution in [0.1, 0.15) is 36.4 Å². The molecular formula is C21H17Cl2N5O2. The van der Waals surface area contributed by atoms with Crippen LogP contribution in [-0.2, 0) is 11.4 Å². The van der Waals surface area contributed by atoms with Crippen LogP contribution in [0.25, 0.3) is 0 Å². The summed E-state index contributed by atoms with van der Waals surface area (Å²) < 4.78 is 7.53. The highest BCUT2D eigenvalue weighted by Crippen LogP contribution is 2.39. The molecule has 1 aliphatic carbocycles. The van der Waals surface area contributed by atoms with E-state index in [9.17, 15) is 4.79 Å². The third kappa shape index (κ3) is 3.44. The Morgan fingerprint density at radius 3 is 2.73 bits per heavy atom. The number of Topliss-reactive ketones (excluding diaryl/α,β-unsaturated/α-hetero) is 1. The number of carbonyl (C=O) groups is 1. The maximum absolute atomic E-state index is 12.7. The van der Waals surface area contributed by atoms with Gasteiger partial charge in [0.05, 0.1) is 10.0 Å². The molecule has 3 aromatic rings. The van der Waals surface area contributed by atoms with Gasteiger partial charge in [0, 0.05) is 17.7 Å². The summed E-state index contributed by atoms with van der Waals surface area (Å²) >= 11 is 12.0. The lowest BCUT2D eigenvalue weighted by molar-refractivity contribution is -0.116. The second kappa shape index (κ2) is 7.74. The van der Waals surface area contributed by atoms with Gasteiger partial charge in [-0.15, -0.1) is 0 Å². The van der Waals surface area contributed by atoms with Gasteiger partial charge in [0.15, 0.2) is 5.78 Å². The number of hydrogen-bond donors (Lipinski definition) is 1. The second-order valence-corrected chi connectivity index (χ2v) is 8.06. The molecule has 2 aromatic carbocycles. The zero-order valence-corrected chi connectivity index (χ0v) is 17.3. The van der Waals surface area contributed by atoms with E-state index in [4.69, 9.17) is 27.9 Å². The van der Waals surface area contributed by atoms with Gasteiger partial charge in [-0.1, -0.05) is 46.5 Å². The van der Waals surface area contributed by atoms with Crippen molar-refractivity contribution in [1.82, 2.24) is 20.2 Å². The first-order chi connectivity index (χ1) is 14.6. The predicted octanol–water partition coefficient (Wildman–Crippen LogP) is 4.58. The SMILES string of the molecule is O=C1CCCC2=C1C(c1ccc(OCc3ccc(Cl)c(Cl)c3)cc1)n1nnnc1N2. The maximum Gasteiger partial charge on any atom is 0.248 e. The molecule has 5 rings (SSSR count). The van der Waals surface area contributed by atoms with E-state index in [1.165, 1.54) is 0 Å². The van der Waals surface area contributed by atoms with Gasteiger partial charge in [0.2, 0.25) is 5.95 Å². The smallest absolute Gasteiger partial charge is 0.248 e. The first-order valence-corrected chi connectivity index (χ1v) is 10.3. The molecule has 152 valence electrons. The van der Waals surface area contributed by atoms with Gasteiger partial charge in [-0.25, -0.2) is 0 Å². The molecule has 7 nitrogen and oxygen atoms in total. The minimum Gasteiger partial charge on any atom is -0.489 e. The third-order valence-electron chi connectivity index (χ3n) is 5.32. The highest BCUT2D eigenvalue weighted by atomic mass is 35.5. The number of tetrazole rings is 1. The van der Waals surface area contributed by atoms with Crippen LogP contribution >= 0.6 is 23.2 Å². The molecule has 0 saturated carbocycles. The molecule has 1 N–H and O–H groups in total. The topological polar surface area (TPSA) is 81.9 Å². The van der Waals surface area contributed by atoms with Crippen molar-refractivity contribution >= 4 is 34.9 Å². The molecule has 2 heterocycles. The van der Waals surface area contributed by atoms with Crippen LogP contribution in [-0.4, -0.2) is 26.0 Å². The zero-order chi connectivity index (χ0) is 20.7. The van der Waals surface area contributed by atoms with Crippen molar-refractivity contribution in [3.8, 4) is 5.75 Å². The van der Waals surface area contributed by atoms with Crippen molar-refractivity contribution < 1.29 is 9.53 Å². The van der Waals surface area contributed by atoms with E-state index >= 15 is 0 Å². The summed E-state index contributed by atoms with van der Waals surface area (Å²) in [6, 6.07) is 12.7. The Labute approximate surface area is 182 Å². The summed E-state index contributed by atoms with van der Waals surface area (Å²) in [7, 11) is 0. The fourth-order valence-electron chi connectivity index (χ4n) is 3.87. The average Bonchev–Trinajstić information content (AvgIpc) is 3.22. The summed E-state index contributed by atoms with van der Waals surface area (Å²) in [6.45, 7) is 0.370. The van der Waals surface area contributed by atoms with Crippen molar-refractivity contribution in [2.45, 2.75) is 31.9 Å². The monoisotopic (exact) mass is 441 g/mol. The van der Waals surface area contributed by atoms with Crippen molar-refractivity contribution in [3.05, 3.63) is 74.9 Å². The number of benzene rings is 2. The zero-order valence-electron chi connectivity index (χ0n) is 15.8. The van der Waals surface area contributed by atoms with Crippen LogP contribution in [0.4, 0.5) is 5.95 Å². The Morgan fingerprint density at radius 1 is 1.10 bits per heavy atom. The first-order valence-electron chi connectivity index (χ1n) is 9.58. The van der Waals surface area contributed by atoms with Gasteiger partial charge in [0.1, 0.15) is 18.4 Å². The van der Waals surface area contributed by atoms with E-state index < -0.39 is 0 Å². The molecule has 0 bridgehead atoms. The number of rotatable bonds is 4. The maximum atomic E-state index is 12.7. The molecule has 0 saturated heterocycles. The second-order valence-electron chi connectivity index (χ2n) is 7.25. The molecule has 1 unspecified atom stereocenters. The van der Waals surface area contributed by atoms with Gasteiger partial charge in [0.25, 0.3) is 0 Å². The number of hydrogen-bond acceptors (Lipinski definition) is 6. The fraction of sp³-hybridized carbons (Fsp3) is 0.238. The molecule has 1 aromatic heterocycles. The van der Waals surface area contributed by atoms with Crippen molar-refractivity contribution in [1.29, 1.82) is 0 Å². The Hall–Kier alpha value is -2.90. The van der Waals surface area contributed by atoms with Crippen LogP contribution in [0.2, 0.25) is 10.0 Å². The van der Waals surface area contributed by atoms with Crippen LogP contribution in [0, 0.1) is 0 Å². The molecule has 0 amide bonds. The Kier molecular flexibility index (Phi) is 4.92. The lowest BCUT2D eigenvalue weighted by atomic mass is 9.85. The number of anilines is 1. The molecule has 30 heavy (non-hydrogen) atoms. The fourth-order valence-corrected chi connectivity index (χ4v) is 4.19. The highest BCUT2D eigenvalue weighted by Gasteiger charge is 2.36. The van der Waals surface area contributed by atoms with Gasteiger partial charge in [-0.05, 0) is 58.7 Å².